The van der Waals surface area contributed by atoms with Gasteiger partial charge in [0.2, 0.25) is 0 Å². The zero-order valence-electron chi connectivity index (χ0n) is 13.7. The number of amides is 3. The predicted octanol–water partition coefficient (Wildman–Crippen LogP) is -1.81. The van der Waals surface area contributed by atoms with Crippen LogP contribution in [0.2, 0.25) is 0 Å². The summed E-state index contributed by atoms with van der Waals surface area (Å²) in [6.07, 6.45) is 1.40. The van der Waals surface area contributed by atoms with Crippen molar-refractivity contribution in [2.75, 3.05) is 18.1 Å². The van der Waals surface area contributed by atoms with Crippen molar-refractivity contribution in [1.29, 1.82) is 0 Å². The number of carbonyl (C=O) groups excluding carboxylic acids is 2. The third kappa shape index (κ3) is 4.25. The molecule has 3 saturated heterocycles. The van der Waals surface area contributed by atoms with E-state index in [2.05, 4.69) is 15.1 Å². The highest BCUT2D eigenvalue weighted by Gasteiger charge is 2.49. The quantitative estimate of drug-likeness (QED) is 0.349. The number of hydrazine groups is 1. The van der Waals surface area contributed by atoms with Crippen molar-refractivity contribution in [2.45, 2.75) is 43.8 Å². The van der Waals surface area contributed by atoms with Crippen LogP contribution in [0.5, 0.6) is 0 Å². The van der Waals surface area contributed by atoms with Gasteiger partial charge >= 0.3 is 16.4 Å². The van der Waals surface area contributed by atoms with Crippen molar-refractivity contribution >= 4 is 32.2 Å². The molecule has 1 unspecified atom stereocenters. The number of urea groups is 1. The Morgan fingerprint density at radius 1 is 1.19 bits per heavy atom. The average Bonchev–Trinajstić information content (AvgIpc) is 2.77. The molecule has 0 aromatic carbocycles. The Hall–Kier alpha value is -1.48. The highest BCUT2D eigenvalue weighted by Crippen LogP contribution is 2.30. The molecule has 0 aromatic heterocycles. The van der Waals surface area contributed by atoms with E-state index >= 15 is 0 Å². The highest BCUT2D eigenvalue weighted by atomic mass is 32.3. The lowest BCUT2D eigenvalue weighted by atomic mass is 10.0. The second-order valence-electron chi connectivity index (χ2n) is 6.57. The Bertz CT molecular complexity index is 784. The Morgan fingerprint density at radius 3 is 2.46 bits per heavy atom. The third-order valence-electron chi connectivity index (χ3n) is 4.75. The molecule has 2 atom stereocenters. The van der Waals surface area contributed by atoms with Crippen LogP contribution < -0.4 is 10.9 Å². The molecular formula is C12H20N4O8S2. The van der Waals surface area contributed by atoms with Crippen molar-refractivity contribution in [2.24, 2.45) is 0 Å². The summed E-state index contributed by atoms with van der Waals surface area (Å²) in [5.74, 6) is -0.366. The van der Waals surface area contributed by atoms with E-state index in [1.165, 1.54) is 4.90 Å². The molecule has 2 bridgehead atoms. The molecule has 3 amide bonds. The van der Waals surface area contributed by atoms with Crippen LogP contribution in [0.3, 0.4) is 0 Å². The molecule has 0 saturated carbocycles. The van der Waals surface area contributed by atoms with E-state index in [1.807, 2.05) is 0 Å². The largest absolute Gasteiger partial charge is 0.418 e. The average molecular weight is 412 g/mol. The molecule has 0 radical (unpaired) electrons. The van der Waals surface area contributed by atoms with Crippen molar-refractivity contribution in [3.05, 3.63) is 0 Å². The number of fused-ring (bicyclic) bond motifs is 2. The van der Waals surface area contributed by atoms with Gasteiger partial charge in [0.05, 0.1) is 17.5 Å². The first-order valence-corrected chi connectivity index (χ1v) is 11.3. The van der Waals surface area contributed by atoms with Crippen molar-refractivity contribution in [3.63, 3.8) is 0 Å². The Morgan fingerprint density at radius 2 is 1.85 bits per heavy atom. The maximum atomic E-state index is 12.4. The van der Waals surface area contributed by atoms with Gasteiger partial charge in [-0.1, -0.05) is 0 Å². The number of hydrogen-bond donors (Lipinski definition) is 3. The molecule has 12 nitrogen and oxygen atoms in total. The van der Waals surface area contributed by atoms with Crippen molar-refractivity contribution < 1.29 is 35.3 Å². The van der Waals surface area contributed by atoms with Crippen LogP contribution in [0.15, 0.2) is 0 Å². The highest BCUT2D eigenvalue weighted by molar-refractivity contribution is 7.91. The number of carbonyl (C=O) groups is 2. The fraction of sp³-hybridized carbons (Fsp3) is 0.833. The normalized spacial score (nSPS) is 29.0. The number of piperidine rings is 1. The van der Waals surface area contributed by atoms with E-state index in [0.29, 0.717) is 30.7 Å². The number of nitrogens with zero attached hydrogens (tertiary/aromatic N) is 2. The van der Waals surface area contributed by atoms with Crippen LogP contribution in [0.1, 0.15) is 25.7 Å². The molecule has 3 aliphatic heterocycles. The first-order valence-electron chi connectivity index (χ1n) is 8.08. The molecule has 148 valence electrons. The van der Waals surface area contributed by atoms with E-state index in [4.69, 9.17) is 4.55 Å². The van der Waals surface area contributed by atoms with E-state index in [-0.39, 0.29) is 24.1 Å². The molecule has 0 spiro atoms. The summed E-state index contributed by atoms with van der Waals surface area (Å²) in [4.78, 5) is 25.8. The fourth-order valence-electron chi connectivity index (χ4n) is 3.39. The van der Waals surface area contributed by atoms with Gasteiger partial charge in [-0.15, -0.1) is 4.28 Å². The lowest BCUT2D eigenvalue weighted by Crippen LogP contribution is -2.55. The fourth-order valence-corrected chi connectivity index (χ4v) is 5.27. The topological polar surface area (TPSA) is 162 Å². The van der Waals surface area contributed by atoms with Crippen LogP contribution in [-0.2, 0) is 29.3 Å². The summed E-state index contributed by atoms with van der Waals surface area (Å²) < 4.78 is 57.5. The summed E-state index contributed by atoms with van der Waals surface area (Å²) in [5, 5.41) is 0.571. The molecule has 14 heteroatoms. The Labute approximate surface area is 150 Å². The Balaban J connectivity index is 1.55. The number of rotatable bonds is 5. The van der Waals surface area contributed by atoms with Gasteiger partial charge in [-0.2, -0.15) is 13.5 Å². The van der Waals surface area contributed by atoms with Gasteiger partial charge in [0.15, 0.2) is 0 Å². The number of nitrogens with one attached hydrogen (secondary N) is 2. The van der Waals surface area contributed by atoms with Crippen LogP contribution in [0, 0.1) is 0 Å². The van der Waals surface area contributed by atoms with Crippen LogP contribution in [-0.4, -0.2) is 79.5 Å². The number of sulfone groups is 1. The summed E-state index contributed by atoms with van der Waals surface area (Å²) in [6.45, 7) is 0.105. The predicted molar refractivity (Wildman–Crippen MR) is 86.3 cm³/mol. The molecule has 3 aliphatic rings. The smallest absolute Gasteiger partial charge is 0.309 e. The van der Waals surface area contributed by atoms with E-state index in [0.717, 1.165) is 0 Å². The first kappa shape index (κ1) is 19.3. The third-order valence-corrected chi connectivity index (χ3v) is 6.82. The summed E-state index contributed by atoms with van der Waals surface area (Å²) in [6, 6.07) is -2.36. The monoisotopic (exact) mass is 412 g/mol. The number of hydrogen-bond acceptors (Lipinski definition) is 8. The minimum atomic E-state index is -4.83. The molecule has 0 aromatic rings. The van der Waals surface area contributed by atoms with Crippen molar-refractivity contribution in [3.8, 4) is 0 Å². The first-order chi connectivity index (χ1) is 12.1. The number of hydroxylamine groups is 2. The van der Waals surface area contributed by atoms with Gasteiger partial charge in [-0.05, 0) is 25.7 Å². The summed E-state index contributed by atoms with van der Waals surface area (Å²) >= 11 is 0. The minimum absolute atomic E-state index is 0.0538. The lowest BCUT2D eigenvalue weighted by molar-refractivity contribution is -0.127. The molecule has 3 heterocycles. The van der Waals surface area contributed by atoms with Crippen LogP contribution >= 0.6 is 0 Å². The van der Waals surface area contributed by atoms with Gasteiger partial charge in [-0.3, -0.25) is 14.8 Å². The van der Waals surface area contributed by atoms with Gasteiger partial charge in [-0.25, -0.2) is 18.6 Å². The lowest BCUT2D eigenvalue weighted by Gasteiger charge is -2.30. The Kier molecular flexibility index (Phi) is 5.13. The summed E-state index contributed by atoms with van der Waals surface area (Å²) in [5.41, 5.74) is 5.31. The van der Waals surface area contributed by atoms with Gasteiger partial charge in [0.25, 0.3) is 5.91 Å². The maximum Gasteiger partial charge on any atom is 0.418 e. The zero-order chi connectivity index (χ0) is 19.1. The minimum Gasteiger partial charge on any atom is -0.309 e. The van der Waals surface area contributed by atoms with E-state index in [1.54, 1.807) is 0 Å². The standard InChI is InChI=1S/C12H20N4O8S2/c17-11(14-13-8-3-5-25(19,20)6-4-8)10-2-1-9-7-15(10)12(18)16(9)24-26(21,22)23/h8-10,13H,1-7H2,(H,14,17)(H,21,22,23)/t9?,10-/m0/s1. The second kappa shape index (κ2) is 6.92. The van der Waals surface area contributed by atoms with E-state index < -0.39 is 44.3 Å². The van der Waals surface area contributed by atoms with Crippen molar-refractivity contribution in [1.82, 2.24) is 20.8 Å². The zero-order valence-corrected chi connectivity index (χ0v) is 15.3. The molecule has 3 rings (SSSR count). The molecule has 26 heavy (non-hydrogen) atoms. The summed E-state index contributed by atoms with van der Waals surface area (Å²) in [7, 11) is -7.84. The second-order valence-corrected chi connectivity index (χ2v) is 9.88. The van der Waals surface area contributed by atoms with Crippen LogP contribution in [0.4, 0.5) is 4.79 Å². The van der Waals surface area contributed by atoms with E-state index in [9.17, 15) is 26.4 Å². The molecular weight excluding hydrogens is 392 g/mol. The maximum absolute atomic E-state index is 12.4. The van der Waals surface area contributed by atoms with Gasteiger partial charge in [0.1, 0.15) is 15.9 Å². The molecule has 0 aliphatic carbocycles. The molecule has 3 N–H and O–H groups in total. The van der Waals surface area contributed by atoms with Gasteiger partial charge < -0.3 is 4.90 Å². The SMILES string of the molecule is O=C(NNC1CCS(=O)(=O)CC1)[C@@H]1CCC2CN1C(=O)N2OS(=O)(=O)O. The molecule has 3 fully saturated rings. The van der Waals surface area contributed by atoms with Gasteiger partial charge in [0, 0.05) is 12.6 Å². The van der Waals surface area contributed by atoms with Crippen LogP contribution in [0.25, 0.3) is 0 Å².